The van der Waals surface area contributed by atoms with Gasteiger partial charge in [0.15, 0.2) is 0 Å². The van der Waals surface area contributed by atoms with E-state index >= 15 is 0 Å². The lowest BCUT2D eigenvalue weighted by atomic mass is 9.83. The van der Waals surface area contributed by atoms with Crippen LogP contribution in [0.4, 0.5) is 0 Å². The molecule has 0 amide bonds. The number of rotatable bonds is 4. The van der Waals surface area contributed by atoms with Crippen LogP contribution >= 0.6 is 0 Å². The van der Waals surface area contributed by atoms with Gasteiger partial charge in [0.05, 0.1) is 11.7 Å². The highest BCUT2D eigenvalue weighted by atomic mass is 16.6. The fourth-order valence-corrected chi connectivity index (χ4v) is 3.85. The zero-order chi connectivity index (χ0) is 14.7. The van der Waals surface area contributed by atoms with Gasteiger partial charge in [-0.05, 0) is 43.2 Å². The van der Waals surface area contributed by atoms with E-state index in [0.29, 0.717) is 12.5 Å². The Kier molecular flexibility index (Phi) is 4.54. The molecule has 1 saturated carbocycles. The van der Waals surface area contributed by atoms with Crippen molar-refractivity contribution in [3.05, 3.63) is 29.8 Å². The molecule has 21 heavy (non-hydrogen) atoms. The monoisotopic (exact) mass is 288 g/mol. The molecule has 1 saturated heterocycles. The third-order valence-electron chi connectivity index (χ3n) is 5.07. The highest BCUT2D eigenvalue weighted by Gasteiger charge is 2.40. The van der Waals surface area contributed by atoms with Crippen LogP contribution in [0.3, 0.4) is 0 Å². The minimum atomic E-state index is 0.198. The van der Waals surface area contributed by atoms with Crippen LogP contribution < -0.4 is 4.74 Å². The average Bonchev–Trinajstić information content (AvgIpc) is 2.89. The predicted octanol–water partition coefficient (Wildman–Crippen LogP) is 5.07. The van der Waals surface area contributed by atoms with Gasteiger partial charge in [0, 0.05) is 0 Å². The lowest BCUT2D eigenvalue weighted by molar-refractivity contribution is -0.0749. The Balaban J connectivity index is 1.57. The van der Waals surface area contributed by atoms with Gasteiger partial charge in [-0.2, -0.15) is 0 Å². The number of para-hydroxylation sites is 1. The van der Waals surface area contributed by atoms with Crippen molar-refractivity contribution >= 4 is 0 Å². The van der Waals surface area contributed by atoms with Crippen molar-refractivity contribution in [1.29, 1.82) is 0 Å². The Morgan fingerprint density at radius 1 is 1.14 bits per heavy atom. The van der Waals surface area contributed by atoms with Crippen LogP contribution in [0.25, 0.3) is 0 Å². The molecule has 2 heteroatoms. The molecular formula is C19H28O2. The normalized spacial score (nSPS) is 24.6. The molecule has 1 unspecified atom stereocenters. The molecule has 1 aliphatic heterocycles. The number of ether oxygens (including phenoxy) is 2. The molecule has 2 fully saturated rings. The Morgan fingerprint density at radius 3 is 2.67 bits per heavy atom. The minimum absolute atomic E-state index is 0.198. The fraction of sp³-hybridized carbons (Fsp3) is 0.684. The van der Waals surface area contributed by atoms with Gasteiger partial charge >= 0.3 is 0 Å². The van der Waals surface area contributed by atoms with Crippen LogP contribution in [0.15, 0.2) is 24.3 Å². The van der Waals surface area contributed by atoms with Crippen molar-refractivity contribution in [2.24, 2.45) is 0 Å². The molecule has 1 aromatic rings. The van der Waals surface area contributed by atoms with Gasteiger partial charge in [0.1, 0.15) is 12.4 Å². The summed E-state index contributed by atoms with van der Waals surface area (Å²) in [5, 5.41) is 0. The first-order valence-electron chi connectivity index (χ1n) is 8.58. The second kappa shape index (κ2) is 6.39. The SMILES string of the molecule is CC(C)c1ccccc1OCC1CCC2(CCCCC2)O1. The first-order chi connectivity index (χ1) is 10.2. The van der Waals surface area contributed by atoms with Gasteiger partial charge in [-0.15, -0.1) is 0 Å². The van der Waals surface area contributed by atoms with E-state index in [1.54, 1.807) is 0 Å². The number of hydrogen-bond acceptors (Lipinski definition) is 2. The molecule has 1 heterocycles. The maximum Gasteiger partial charge on any atom is 0.122 e. The summed E-state index contributed by atoms with van der Waals surface area (Å²) < 4.78 is 12.5. The third-order valence-corrected chi connectivity index (χ3v) is 5.07. The van der Waals surface area contributed by atoms with E-state index in [1.807, 2.05) is 0 Å². The Hall–Kier alpha value is -1.02. The van der Waals surface area contributed by atoms with Crippen LogP contribution in [0.2, 0.25) is 0 Å². The van der Waals surface area contributed by atoms with Crippen LogP contribution in [0.1, 0.15) is 70.3 Å². The summed E-state index contributed by atoms with van der Waals surface area (Å²) in [7, 11) is 0. The maximum absolute atomic E-state index is 6.39. The van der Waals surface area contributed by atoms with E-state index in [4.69, 9.17) is 9.47 Å². The highest BCUT2D eigenvalue weighted by Crippen LogP contribution is 2.42. The van der Waals surface area contributed by atoms with E-state index in [0.717, 1.165) is 12.2 Å². The molecule has 0 N–H and O–H groups in total. The second-order valence-corrected chi connectivity index (χ2v) is 7.03. The Bertz CT molecular complexity index is 460. The molecule has 1 aliphatic carbocycles. The summed E-state index contributed by atoms with van der Waals surface area (Å²) in [5.74, 6) is 1.52. The molecule has 0 aromatic heterocycles. The smallest absolute Gasteiger partial charge is 0.122 e. The molecule has 116 valence electrons. The van der Waals surface area contributed by atoms with E-state index in [1.165, 1.54) is 44.1 Å². The molecule has 0 bridgehead atoms. The van der Waals surface area contributed by atoms with Crippen molar-refractivity contribution in [2.45, 2.75) is 76.4 Å². The Labute approximate surface area is 128 Å². The minimum Gasteiger partial charge on any atom is -0.491 e. The zero-order valence-corrected chi connectivity index (χ0v) is 13.4. The van der Waals surface area contributed by atoms with Crippen LogP contribution in [0.5, 0.6) is 5.75 Å². The van der Waals surface area contributed by atoms with Gasteiger partial charge in [-0.25, -0.2) is 0 Å². The highest BCUT2D eigenvalue weighted by molar-refractivity contribution is 5.35. The van der Waals surface area contributed by atoms with E-state index in [2.05, 4.69) is 38.1 Å². The summed E-state index contributed by atoms with van der Waals surface area (Å²) in [6, 6.07) is 8.39. The standard InChI is InChI=1S/C19H28O2/c1-15(2)17-8-4-5-9-18(17)20-14-16-10-13-19(21-16)11-6-3-7-12-19/h4-5,8-9,15-16H,3,6-7,10-14H2,1-2H3. The van der Waals surface area contributed by atoms with Crippen LogP contribution in [-0.2, 0) is 4.74 Å². The van der Waals surface area contributed by atoms with Crippen molar-refractivity contribution in [3.8, 4) is 5.75 Å². The van der Waals surface area contributed by atoms with Crippen molar-refractivity contribution in [3.63, 3.8) is 0 Å². The van der Waals surface area contributed by atoms with Crippen LogP contribution in [0, 0.1) is 0 Å². The summed E-state index contributed by atoms with van der Waals surface area (Å²) in [5.41, 5.74) is 1.49. The van der Waals surface area contributed by atoms with Gasteiger partial charge in [-0.3, -0.25) is 0 Å². The van der Waals surface area contributed by atoms with E-state index < -0.39 is 0 Å². The van der Waals surface area contributed by atoms with Gasteiger partial charge < -0.3 is 9.47 Å². The van der Waals surface area contributed by atoms with Crippen molar-refractivity contribution in [1.82, 2.24) is 0 Å². The lowest BCUT2D eigenvalue weighted by Crippen LogP contribution is -2.32. The van der Waals surface area contributed by atoms with Crippen molar-refractivity contribution < 1.29 is 9.47 Å². The average molecular weight is 288 g/mol. The number of hydrogen-bond donors (Lipinski definition) is 0. The molecule has 2 aliphatic rings. The quantitative estimate of drug-likeness (QED) is 0.770. The molecule has 1 spiro atoms. The lowest BCUT2D eigenvalue weighted by Gasteiger charge is -2.33. The van der Waals surface area contributed by atoms with E-state index in [-0.39, 0.29) is 11.7 Å². The number of benzene rings is 1. The maximum atomic E-state index is 6.39. The first-order valence-corrected chi connectivity index (χ1v) is 8.58. The van der Waals surface area contributed by atoms with Gasteiger partial charge in [0.25, 0.3) is 0 Å². The van der Waals surface area contributed by atoms with Crippen molar-refractivity contribution in [2.75, 3.05) is 6.61 Å². The van der Waals surface area contributed by atoms with Gasteiger partial charge in [-0.1, -0.05) is 51.3 Å². The van der Waals surface area contributed by atoms with Crippen LogP contribution in [-0.4, -0.2) is 18.3 Å². The summed E-state index contributed by atoms with van der Waals surface area (Å²) in [6.45, 7) is 5.13. The summed E-state index contributed by atoms with van der Waals surface area (Å²) >= 11 is 0. The third kappa shape index (κ3) is 3.42. The molecular weight excluding hydrogens is 260 g/mol. The summed E-state index contributed by atoms with van der Waals surface area (Å²) in [6.07, 6.45) is 9.24. The molecule has 1 aromatic carbocycles. The zero-order valence-electron chi connectivity index (χ0n) is 13.4. The summed E-state index contributed by atoms with van der Waals surface area (Å²) in [4.78, 5) is 0. The topological polar surface area (TPSA) is 18.5 Å². The molecule has 1 atom stereocenters. The van der Waals surface area contributed by atoms with E-state index in [9.17, 15) is 0 Å². The predicted molar refractivity (Wildman–Crippen MR) is 85.9 cm³/mol. The molecule has 0 radical (unpaired) electrons. The first kappa shape index (κ1) is 14.9. The molecule has 3 rings (SSSR count). The van der Waals surface area contributed by atoms with Gasteiger partial charge in [0.2, 0.25) is 0 Å². The molecule has 2 nitrogen and oxygen atoms in total. The Morgan fingerprint density at radius 2 is 1.90 bits per heavy atom. The largest absolute Gasteiger partial charge is 0.491 e. The second-order valence-electron chi connectivity index (χ2n) is 7.03. The fourth-order valence-electron chi connectivity index (χ4n) is 3.85.